The van der Waals surface area contributed by atoms with Gasteiger partial charge in [-0.2, -0.15) is 0 Å². The molecule has 1 saturated heterocycles. The van der Waals surface area contributed by atoms with E-state index in [1.165, 1.54) is 0 Å². The summed E-state index contributed by atoms with van der Waals surface area (Å²) in [5, 5.41) is 2.69. The first-order valence-corrected chi connectivity index (χ1v) is 8.30. The summed E-state index contributed by atoms with van der Waals surface area (Å²) in [6.45, 7) is 7.64. The van der Waals surface area contributed by atoms with Crippen LogP contribution in [-0.4, -0.2) is 66.0 Å². The Morgan fingerprint density at radius 1 is 1.04 bits per heavy atom. The zero-order valence-electron chi connectivity index (χ0n) is 14.3. The second-order valence-electron chi connectivity index (χ2n) is 7.19. The fourth-order valence-corrected chi connectivity index (χ4v) is 2.44. The molecule has 7 heteroatoms. The first-order chi connectivity index (χ1) is 10.8. The third-order valence-electron chi connectivity index (χ3n) is 3.86. The molecule has 0 radical (unpaired) electrons. The van der Waals surface area contributed by atoms with E-state index in [0.717, 1.165) is 12.8 Å². The maximum Gasteiger partial charge on any atom is 0.410 e. The number of carbonyl (C=O) groups is 3. The van der Waals surface area contributed by atoms with Crippen LogP contribution in [0.25, 0.3) is 0 Å². The lowest BCUT2D eigenvalue weighted by molar-refractivity contribution is -0.133. The summed E-state index contributed by atoms with van der Waals surface area (Å²) in [4.78, 5) is 39.2. The fourth-order valence-electron chi connectivity index (χ4n) is 2.44. The minimum Gasteiger partial charge on any atom is -0.444 e. The van der Waals surface area contributed by atoms with Crippen LogP contribution in [0.5, 0.6) is 0 Å². The normalized spacial score (nSPS) is 19.1. The van der Waals surface area contributed by atoms with Crippen LogP contribution < -0.4 is 5.32 Å². The molecule has 1 N–H and O–H groups in total. The molecular weight excluding hydrogens is 298 g/mol. The van der Waals surface area contributed by atoms with Gasteiger partial charge in [0.2, 0.25) is 11.8 Å². The SMILES string of the molecule is CC(C)(C)OC(=O)N1CCCN(C(=O)CNC(=O)C2CC2)CC1. The lowest BCUT2D eigenvalue weighted by atomic mass is 10.2. The van der Waals surface area contributed by atoms with Gasteiger partial charge >= 0.3 is 6.09 Å². The first kappa shape index (κ1) is 17.6. The van der Waals surface area contributed by atoms with E-state index in [-0.39, 0.29) is 30.4 Å². The Morgan fingerprint density at radius 2 is 1.65 bits per heavy atom. The molecule has 2 rings (SSSR count). The van der Waals surface area contributed by atoms with Crippen LogP contribution in [0, 0.1) is 5.92 Å². The Morgan fingerprint density at radius 3 is 2.26 bits per heavy atom. The lowest BCUT2D eigenvalue weighted by Crippen LogP contribution is -2.43. The summed E-state index contributed by atoms with van der Waals surface area (Å²) >= 11 is 0. The van der Waals surface area contributed by atoms with Gasteiger partial charge in [-0.05, 0) is 40.0 Å². The molecule has 7 nitrogen and oxygen atoms in total. The van der Waals surface area contributed by atoms with Crippen molar-refractivity contribution in [2.24, 2.45) is 5.92 Å². The van der Waals surface area contributed by atoms with Crippen molar-refractivity contribution in [2.45, 2.75) is 45.6 Å². The average Bonchev–Trinajstić information content (AvgIpc) is 3.27. The molecule has 0 aromatic carbocycles. The standard InChI is InChI=1S/C16H27N3O4/c1-16(2,3)23-15(22)19-8-4-7-18(9-10-19)13(20)11-17-14(21)12-5-6-12/h12H,4-11H2,1-3H3,(H,17,21). The van der Waals surface area contributed by atoms with Gasteiger partial charge in [0.05, 0.1) is 6.54 Å². The summed E-state index contributed by atoms with van der Waals surface area (Å²) in [5.74, 6) is -0.0109. The molecule has 130 valence electrons. The zero-order chi connectivity index (χ0) is 17.0. The van der Waals surface area contributed by atoms with Gasteiger partial charge in [0.25, 0.3) is 0 Å². The Kier molecular flexibility index (Phi) is 5.49. The number of nitrogens with one attached hydrogen (secondary N) is 1. The van der Waals surface area contributed by atoms with Crippen LogP contribution in [0.2, 0.25) is 0 Å². The van der Waals surface area contributed by atoms with E-state index in [9.17, 15) is 14.4 Å². The number of carbonyl (C=O) groups excluding carboxylic acids is 3. The van der Waals surface area contributed by atoms with Crippen LogP contribution in [0.3, 0.4) is 0 Å². The van der Waals surface area contributed by atoms with Gasteiger partial charge in [-0.3, -0.25) is 9.59 Å². The summed E-state index contributed by atoms with van der Waals surface area (Å²) in [6, 6.07) is 0. The highest BCUT2D eigenvalue weighted by Crippen LogP contribution is 2.28. The van der Waals surface area contributed by atoms with Crippen molar-refractivity contribution in [3.63, 3.8) is 0 Å². The number of hydrogen-bond acceptors (Lipinski definition) is 4. The highest BCUT2D eigenvalue weighted by Gasteiger charge is 2.30. The van der Waals surface area contributed by atoms with Crippen molar-refractivity contribution in [1.29, 1.82) is 0 Å². The van der Waals surface area contributed by atoms with Gasteiger partial charge in [-0.15, -0.1) is 0 Å². The minimum absolute atomic E-state index is 0.0245. The number of ether oxygens (including phenoxy) is 1. The Balaban J connectivity index is 1.77. The molecule has 1 aliphatic heterocycles. The van der Waals surface area contributed by atoms with Gasteiger partial charge in [0, 0.05) is 32.1 Å². The van der Waals surface area contributed by atoms with E-state index in [0.29, 0.717) is 32.6 Å². The van der Waals surface area contributed by atoms with Gasteiger partial charge in [0.1, 0.15) is 5.60 Å². The molecule has 0 aromatic rings. The third kappa shape index (κ3) is 5.73. The molecule has 1 heterocycles. The summed E-state index contributed by atoms with van der Waals surface area (Å²) in [5.41, 5.74) is -0.522. The molecule has 0 spiro atoms. The van der Waals surface area contributed by atoms with Crippen LogP contribution >= 0.6 is 0 Å². The molecule has 1 aliphatic carbocycles. The molecule has 3 amide bonds. The molecule has 0 bridgehead atoms. The number of amides is 3. The van der Waals surface area contributed by atoms with Gasteiger partial charge in [-0.1, -0.05) is 0 Å². The maximum atomic E-state index is 12.2. The molecule has 0 atom stereocenters. The van der Waals surface area contributed by atoms with Crippen LogP contribution in [0.4, 0.5) is 4.79 Å². The quantitative estimate of drug-likeness (QED) is 0.839. The molecule has 2 aliphatic rings. The first-order valence-electron chi connectivity index (χ1n) is 8.30. The second-order valence-corrected chi connectivity index (χ2v) is 7.19. The van der Waals surface area contributed by atoms with Crippen molar-refractivity contribution >= 4 is 17.9 Å². The zero-order valence-corrected chi connectivity index (χ0v) is 14.3. The molecule has 2 fully saturated rings. The largest absolute Gasteiger partial charge is 0.444 e. The Bertz CT molecular complexity index is 468. The third-order valence-corrected chi connectivity index (χ3v) is 3.86. The van der Waals surface area contributed by atoms with Crippen molar-refractivity contribution in [2.75, 3.05) is 32.7 Å². The predicted octanol–water partition coefficient (Wildman–Crippen LogP) is 0.982. The van der Waals surface area contributed by atoms with Gasteiger partial charge in [-0.25, -0.2) is 4.79 Å². The molecule has 23 heavy (non-hydrogen) atoms. The van der Waals surface area contributed by atoms with Crippen LogP contribution in [0.1, 0.15) is 40.0 Å². The van der Waals surface area contributed by atoms with Crippen molar-refractivity contribution < 1.29 is 19.1 Å². The van der Waals surface area contributed by atoms with E-state index in [1.807, 2.05) is 20.8 Å². The molecule has 0 unspecified atom stereocenters. The van der Waals surface area contributed by atoms with E-state index in [2.05, 4.69) is 5.32 Å². The Labute approximate surface area is 137 Å². The van der Waals surface area contributed by atoms with Crippen molar-refractivity contribution in [3.05, 3.63) is 0 Å². The number of rotatable bonds is 3. The van der Waals surface area contributed by atoms with E-state index < -0.39 is 5.60 Å². The van der Waals surface area contributed by atoms with Crippen LogP contribution in [0.15, 0.2) is 0 Å². The topological polar surface area (TPSA) is 79.0 Å². The van der Waals surface area contributed by atoms with Crippen molar-refractivity contribution in [3.8, 4) is 0 Å². The minimum atomic E-state index is -0.522. The summed E-state index contributed by atoms with van der Waals surface area (Å²) < 4.78 is 5.37. The molecular formula is C16H27N3O4. The maximum absolute atomic E-state index is 12.2. The van der Waals surface area contributed by atoms with Crippen molar-refractivity contribution in [1.82, 2.24) is 15.1 Å². The van der Waals surface area contributed by atoms with E-state index in [1.54, 1.807) is 9.80 Å². The molecule has 1 saturated carbocycles. The lowest BCUT2D eigenvalue weighted by Gasteiger charge is -2.26. The summed E-state index contributed by atoms with van der Waals surface area (Å²) in [6.07, 6.45) is 2.22. The van der Waals surface area contributed by atoms with E-state index >= 15 is 0 Å². The highest BCUT2D eigenvalue weighted by molar-refractivity contribution is 5.87. The monoisotopic (exact) mass is 325 g/mol. The predicted molar refractivity (Wildman–Crippen MR) is 84.7 cm³/mol. The molecule has 0 aromatic heterocycles. The highest BCUT2D eigenvalue weighted by atomic mass is 16.6. The van der Waals surface area contributed by atoms with E-state index in [4.69, 9.17) is 4.74 Å². The number of hydrogen-bond donors (Lipinski definition) is 1. The smallest absolute Gasteiger partial charge is 0.410 e. The second kappa shape index (κ2) is 7.19. The fraction of sp³-hybridized carbons (Fsp3) is 0.812. The number of nitrogens with zero attached hydrogens (tertiary/aromatic N) is 2. The van der Waals surface area contributed by atoms with Gasteiger partial charge < -0.3 is 19.9 Å². The van der Waals surface area contributed by atoms with Crippen LogP contribution in [-0.2, 0) is 14.3 Å². The average molecular weight is 325 g/mol. The Hall–Kier alpha value is -1.79. The van der Waals surface area contributed by atoms with Gasteiger partial charge in [0.15, 0.2) is 0 Å². The summed E-state index contributed by atoms with van der Waals surface area (Å²) in [7, 11) is 0.